The van der Waals surface area contributed by atoms with Crippen LogP contribution in [0.5, 0.6) is 0 Å². The number of aliphatic hydroxyl groups excluding tert-OH is 1. The summed E-state index contributed by atoms with van der Waals surface area (Å²) in [7, 11) is 1.23. The van der Waals surface area contributed by atoms with Crippen LogP contribution in [0.3, 0.4) is 0 Å². The lowest BCUT2D eigenvalue weighted by molar-refractivity contribution is -0.870. The van der Waals surface area contributed by atoms with Crippen LogP contribution in [-0.4, -0.2) is 68.5 Å². The molecule has 0 aromatic carbocycles. The van der Waals surface area contributed by atoms with Gasteiger partial charge in [-0.1, -0.05) is 358 Å². The van der Waals surface area contributed by atoms with E-state index < -0.39 is 26.6 Å². The fourth-order valence-electron chi connectivity index (χ4n) is 10.6. The molecule has 0 heterocycles. The molecular weight excluding hydrogens is 1160 g/mol. The van der Waals surface area contributed by atoms with Gasteiger partial charge in [-0.25, -0.2) is 0 Å². The predicted molar refractivity (Wildman–Crippen MR) is 408 cm³/mol. The fourth-order valence-corrected chi connectivity index (χ4v) is 11.3. The van der Waals surface area contributed by atoms with E-state index >= 15 is 0 Å². The Bertz CT molecular complexity index is 2080. The molecule has 93 heavy (non-hydrogen) atoms. The van der Waals surface area contributed by atoms with Gasteiger partial charge < -0.3 is 28.8 Å². The molecule has 0 spiro atoms. The number of unbranched alkanes of at least 4 members (excludes halogenated alkanes) is 32. The van der Waals surface area contributed by atoms with Crippen molar-refractivity contribution < 1.29 is 32.9 Å². The van der Waals surface area contributed by atoms with E-state index in [0.717, 1.165) is 128 Å². The lowest BCUT2D eigenvalue weighted by Crippen LogP contribution is -2.45. The molecule has 0 fully saturated rings. The van der Waals surface area contributed by atoms with Crippen molar-refractivity contribution >= 4 is 13.7 Å². The molecule has 9 heteroatoms. The molecule has 532 valence electrons. The maximum Gasteiger partial charge on any atom is 0.268 e. The number of carbonyl (C=O) groups is 1. The number of amides is 1. The number of allylic oxidation sites excluding steroid dienone is 25. The van der Waals surface area contributed by atoms with Gasteiger partial charge in [-0.15, -0.1) is 0 Å². The van der Waals surface area contributed by atoms with E-state index in [1.54, 1.807) is 6.08 Å². The van der Waals surface area contributed by atoms with E-state index in [2.05, 4.69) is 165 Å². The number of aliphatic hydroxyl groups is 1. The quantitative estimate of drug-likeness (QED) is 0.0272. The van der Waals surface area contributed by atoms with Gasteiger partial charge >= 0.3 is 0 Å². The van der Waals surface area contributed by atoms with Crippen LogP contribution in [0.4, 0.5) is 0 Å². The normalized spacial score (nSPS) is 14.4. The first-order valence-electron chi connectivity index (χ1n) is 38.3. The zero-order valence-electron chi connectivity index (χ0n) is 60.9. The standard InChI is InChI=1S/C84H145N2O6P/c1-6-8-10-12-14-16-18-20-22-24-26-28-30-32-34-36-38-39-40-41-42-43-44-45-46-47-48-50-52-54-56-58-60-62-64-66-68-70-72-74-76-78-84(88)85-82(81-92-93(89,90)91-80-79-86(3,4)5)83(87)77-75-73-71-69-67-65-63-61-59-57-55-53-51-49-37-35-33-31-29-27-25-23-21-19-17-15-13-11-9-7-2/h8,10,14,16,20,22,26,28,32,34,38-39,41-42,44-45,47-48,52,54,58,60,64,66,75,77,82-83,87H,6-7,9,11-13,15,17-19,21,23-25,27,29-31,33,35-37,40,43,46,49-51,53,55-57,59,61-63,65,67-74,76,78-81H2,1-5H3,(H-,85,88,89,90)/b10-8-,16-14-,22-20-,28-26-,34-32-,39-38-,42-41-,45-44-,48-47-,54-52-,60-58-,66-64-,77-75+. The summed E-state index contributed by atoms with van der Waals surface area (Å²) in [5, 5.41) is 14.0. The number of hydrogen-bond donors (Lipinski definition) is 2. The number of likely N-dealkylation sites (N-methyl/N-ethyl adjacent to an activating group) is 1. The van der Waals surface area contributed by atoms with Crippen molar-refractivity contribution in [1.82, 2.24) is 5.32 Å². The van der Waals surface area contributed by atoms with E-state index in [9.17, 15) is 19.4 Å². The number of carbonyl (C=O) groups excluding carboxylic acids is 1. The highest BCUT2D eigenvalue weighted by molar-refractivity contribution is 7.45. The SMILES string of the molecule is CC/C=C\C/C=C\C/C=C\C/C=C\C/C=C\C/C=C\C/C=C\C/C=C\C/C=C\C/C=C\C/C=C\C/C=C\CCCCCCC(=O)NC(COP(=O)([O-])OCC[N+](C)(C)C)C(O)/C=C/CCCCCCCCCCCCCCCCCCCCCCCCCCCCCC. The van der Waals surface area contributed by atoms with Crippen molar-refractivity contribution in [3.8, 4) is 0 Å². The van der Waals surface area contributed by atoms with Crippen LogP contribution >= 0.6 is 7.82 Å². The van der Waals surface area contributed by atoms with Crippen LogP contribution in [0.25, 0.3) is 0 Å². The minimum absolute atomic E-state index is 0.0139. The van der Waals surface area contributed by atoms with Gasteiger partial charge in [0.05, 0.1) is 39.9 Å². The second-order valence-corrected chi connectivity index (χ2v) is 28.0. The molecular formula is C84H145N2O6P. The molecule has 3 unspecified atom stereocenters. The van der Waals surface area contributed by atoms with Crippen LogP contribution in [0.1, 0.15) is 316 Å². The number of phosphoric ester groups is 1. The van der Waals surface area contributed by atoms with Crippen LogP contribution in [0.15, 0.2) is 158 Å². The highest BCUT2D eigenvalue weighted by Crippen LogP contribution is 2.38. The molecule has 0 bridgehead atoms. The highest BCUT2D eigenvalue weighted by Gasteiger charge is 2.23. The number of nitrogens with zero attached hydrogens (tertiary/aromatic N) is 1. The van der Waals surface area contributed by atoms with Crippen LogP contribution in [0, 0.1) is 0 Å². The predicted octanol–water partition coefficient (Wildman–Crippen LogP) is 24.6. The largest absolute Gasteiger partial charge is 0.756 e. The molecule has 0 aliphatic carbocycles. The zero-order valence-corrected chi connectivity index (χ0v) is 61.8. The Morgan fingerprint density at radius 3 is 0.957 bits per heavy atom. The molecule has 0 saturated carbocycles. The molecule has 0 aliphatic heterocycles. The smallest absolute Gasteiger partial charge is 0.268 e. The topological polar surface area (TPSA) is 108 Å². The van der Waals surface area contributed by atoms with E-state index in [0.29, 0.717) is 17.4 Å². The summed E-state index contributed by atoms with van der Waals surface area (Å²) >= 11 is 0. The molecule has 0 rings (SSSR count). The molecule has 1 amide bonds. The molecule has 0 aliphatic rings. The molecule has 2 N–H and O–H groups in total. The molecule has 8 nitrogen and oxygen atoms in total. The minimum Gasteiger partial charge on any atom is -0.756 e. The summed E-state index contributed by atoms with van der Waals surface area (Å²) in [5.41, 5.74) is 0. The molecule has 0 aromatic rings. The van der Waals surface area contributed by atoms with Gasteiger partial charge in [0.1, 0.15) is 13.2 Å². The molecule has 0 aromatic heterocycles. The zero-order chi connectivity index (χ0) is 67.6. The van der Waals surface area contributed by atoms with Crippen molar-refractivity contribution in [1.29, 1.82) is 0 Å². The molecule has 0 saturated heterocycles. The first-order chi connectivity index (χ1) is 45.5. The Kier molecular flexibility index (Phi) is 69.4. The third-order valence-electron chi connectivity index (χ3n) is 16.5. The Morgan fingerprint density at radius 1 is 0.387 bits per heavy atom. The number of rotatable bonds is 69. The van der Waals surface area contributed by atoms with Crippen LogP contribution < -0.4 is 10.2 Å². The van der Waals surface area contributed by atoms with Crippen LogP contribution in [-0.2, 0) is 18.4 Å². The van der Waals surface area contributed by atoms with Gasteiger partial charge in [-0.3, -0.25) is 9.36 Å². The maximum absolute atomic E-state index is 13.1. The van der Waals surface area contributed by atoms with Gasteiger partial charge in [-0.05, 0) is 109 Å². The van der Waals surface area contributed by atoms with Gasteiger partial charge in [0, 0.05) is 6.42 Å². The Morgan fingerprint density at radius 2 is 0.656 bits per heavy atom. The summed E-state index contributed by atoms with van der Waals surface area (Å²) in [6, 6.07) is -0.914. The lowest BCUT2D eigenvalue weighted by atomic mass is 10.0. The van der Waals surface area contributed by atoms with Gasteiger partial charge in [-0.2, -0.15) is 0 Å². The van der Waals surface area contributed by atoms with Crippen molar-refractivity contribution in [2.75, 3.05) is 40.9 Å². The summed E-state index contributed by atoms with van der Waals surface area (Å²) in [4.78, 5) is 25.7. The Hall–Kier alpha value is -3.88. The summed E-state index contributed by atoms with van der Waals surface area (Å²) in [6.07, 6.45) is 112. The van der Waals surface area contributed by atoms with Crippen molar-refractivity contribution in [3.63, 3.8) is 0 Å². The van der Waals surface area contributed by atoms with Gasteiger partial charge in [0.25, 0.3) is 7.82 Å². The summed E-state index contributed by atoms with van der Waals surface area (Å²) in [5.74, 6) is -0.224. The Labute approximate surface area is 575 Å². The van der Waals surface area contributed by atoms with Gasteiger partial charge in [0.15, 0.2) is 0 Å². The third kappa shape index (κ3) is 75.4. The average molecular weight is 1310 g/mol. The van der Waals surface area contributed by atoms with Crippen molar-refractivity contribution in [2.24, 2.45) is 0 Å². The van der Waals surface area contributed by atoms with Crippen molar-refractivity contribution in [3.05, 3.63) is 158 Å². The Balaban J connectivity index is 4.16. The number of hydrogen-bond acceptors (Lipinski definition) is 6. The average Bonchev–Trinajstić information content (AvgIpc) is 2.75. The highest BCUT2D eigenvalue weighted by atomic mass is 31.2. The summed E-state index contributed by atoms with van der Waals surface area (Å²) in [6.45, 7) is 4.53. The third-order valence-corrected chi connectivity index (χ3v) is 17.5. The number of phosphoric acid groups is 1. The minimum atomic E-state index is -4.63. The van der Waals surface area contributed by atoms with Crippen LogP contribution in [0.2, 0.25) is 0 Å². The molecule has 0 radical (unpaired) electrons. The first-order valence-corrected chi connectivity index (χ1v) is 39.8. The van der Waals surface area contributed by atoms with E-state index in [4.69, 9.17) is 9.05 Å². The monoisotopic (exact) mass is 1310 g/mol. The maximum atomic E-state index is 13.1. The lowest BCUT2D eigenvalue weighted by Gasteiger charge is -2.29. The fraction of sp³-hybridized carbons (Fsp3) is 0.679. The van der Waals surface area contributed by atoms with E-state index in [1.165, 1.54) is 167 Å². The van der Waals surface area contributed by atoms with Crippen molar-refractivity contribution in [2.45, 2.75) is 328 Å². The second kappa shape index (κ2) is 72.4. The second-order valence-electron chi connectivity index (χ2n) is 26.6. The number of quaternary nitrogens is 1. The van der Waals surface area contributed by atoms with Gasteiger partial charge in [0.2, 0.25) is 5.91 Å². The number of nitrogens with one attached hydrogen (secondary N) is 1. The van der Waals surface area contributed by atoms with E-state index in [-0.39, 0.29) is 12.5 Å². The summed E-state index contributed by atoms with van der Waals surface area (Å²) < 4.78 is 23.5. The first kappa shape index (κ1) is 89.1. The van der Waals surface area contributed by atoms with E-state index in [1.807, 2.05) is 27.2 Å². The molecule has 3 atom stereocenters.